The van der Waals surface area contributed by atoms with Crippen molar-refractivity contribution in [3.8, 4) is 0 Å². The molecule has 0 spiro atoms. The number of carbonyl (C=O) groups is 1. The smallest absolute Gasteiger partial charge is 0.411 e. The van der Waals surface area contributed by atoms with Crippen LogP contribution in [-0.4, -0.2) is 12.2 Å². The molecule has 1 aromatic carbocycles. The standard InChI is InChI=1S/C13H17NO2/c1-4-10(3)16-13(15)14-12-8-6-11(5-2)7-9-12/h5-10H,2,4H2,1,3H3,(H,14,15). The Bertz CT molecular complexity index is 357. The summed E-state index contributed by atoms with van der Waals surface area (Å²) in [6.45, 7) is 7.49. The lowest BCUT2D eigenvalue weighted by Gasteiger charge is -2.11. The second-order valence-corrected chi connectivity index (χ2v) is 3.58. The van der Waals surface area contributed by atoms with E-state index in [1.165, 1.54) is 0 Å². The Hall–Kier alpha value is -1.77. The normalized spacial score (nSPS) is 11.6. The molecule has 1 amide bonds. The van der Waals surface area contributed by atoms with E-state index in [0.717, 1.165) is 17.7 Å². The van der Waals surface area contributed by atoms with Crippen LogP contribution in [0.5, 0.6) is 0 Å². The van der Waals surface area contributed by atoms with Crippen LogP contribution in [0.15, 0.2) is 30.8 Å². The van der Waals surface area contributed by atoms with Gasteiger partial charge < -0.3 is 4.74 Å². The Morgan fingerprint density at radius 2 is 2.12 bits per heavy atom. The third-order valence-electron chi connectivity index (χ3n) is 2.28. The highest BCUT2D eigenvalue weighted by Crippen LogP contribution is 2.11. The lowest BCUT2D eigenvalue weighted by atomic mass is 10.2. The van der Waals surface area contributed by atoms with Crippen LogP contribution in [0.2, 0.25) is 0 Å². The predicted octanol–water partition coefficient (Wildman–Crippen LogP) is 3.68. The zero-order chi connectivity index (χ0) is 12.0. The number of hydrogen-bond acceptors (Lipinski definition) is 2. The second-order valence-electron chi connectivity index (χ2n) is 3.58. The third-order valence-corrected chi connectivity index (χ3v) is 2.28. The van der Waals surface area contributed by atoms with Gasteiger partial charge in [0.05, 0.1) is 0 Å². The summed E-state index contributed by atoms with van der Waals surface area (Å²) in [7, 11) is 0. The summed E-state index contributed by atoms with van der Waals surface area (Å²) in [6, 6.07) is 7.39. The molecule has 3 heteroatoms. The Balaban J connectivity index is 2.52. The van der Waals surface area contributed by atoms with Crippen molar-refractivity contribution in [2.45, 2.75) is 26.4 Å². The van der Waals surface area contributed by atoms with Crippen LogP contribution in [0.25, 0.3) is 6.08 Å². The SMILES string of the molecule is C=Cc1ccc(NC(=O)OC(C)CC)cc1. The van der Waals surface area contributed by atoms with Crippen LogP contribution >= 0.6 is 0 Å². The molecule has 1 rings (SSSR count). The highest BCUT2D eigenvalue weighted by molar-refractivity contribution is 5.84. The maximum atomic E-state index is 11.4. The summed E-state index contributed by atoms with van der Waals surface area (Å²) in [6.07, 6.45) is 2.08. The molecule has 16 heavy (non-hydrogen) atoms. The molecule has 1 atom stereocenters. The molecule has 0 aliphatic rings. The number of amides is 1. The van der Waals surface area contributed by atoms with E-state index in [1.807, 2.05) is 38.1 Å². The van der Waals surface area contributed by atoms with Gasteiger partial charge in [0.15, 0.2) is 0 Å². The monoisotopic (exact) mass is 219 g/mol. The quantitative estimate of drug-likeness (QED) is 0.838. The molecule has 0 aliphatic carbocycles. The van der Waals surface area contributed by atoms with Gasteiger partial charge in [-0.1, -0.05) is 31.7 Å². The van der Waals surface area contributed by atoms with E-state index >= 15 is 0 Å². The van der Waals surface area contributed by atoms with Crippen molar-refractivity contribution >= 4 is 17.9 Å². The lowest BCUT2D eigenvalue weighted by Crippen LogP contribution is -2.19. The molecular weight excluding hydrogens is 202 g/mol. The van der Waals surface area contributed by atoms with E-state index in [9.17, 15) is 4.79 Å². The van der Waals surface area contributed by atoms with Gasteiger partial charge in [-0.05, 0) is 31.0 Å². The van der Waals surface area contributed by atoms with Crippen molar-refractivity contribution in [3.05, 3.63) is 36.4 Å². The Kier molecular flexibility index (Phi) is 4.58. The lowest BCUT2D eigenvalue weighted by molar-refractivity contribution is 0.118. The molecular formula is C13H17NO2. The van der Waals surface area contributed by atoms with Gasteiger partial charge in [0.1, 0.15) is 6.10 Å². The molecule has 0 saturated carbocycles. The van der Waals surface area contributed by atoms with Gasteiger partial charge in [0, 0.05) is 5.69 Å². The Labute approximate surface area is 96.1 Å². The number of anilines is 1. The predicted molar refractivity (Wildman–Crippen MR) is 66.4 cm³/mol. The molecule has 1 aromatic rings. The minimum Gasteiger partial charge on any atom is -0.446 e. The number of ether oxygens (including phenoxy) is 1. The van der Waals surface area contributed by atoms with Crippen molar-refractivity contribution in [3.63, 3.8) is 0 Å². The van der Waals surface area contributed by atoms with E-state index < -0.39 is 6.09 Å². The van der Waals surface area contributed by atoms with E-state index in [4.69, 9.17) is 4.74 Å². The summed E-state index contributed by atoms with van der Waals surface area (Å²) < 4.78 is 5.09. The fraction of sp³-hybridized carbons (Fsp3) is 0.308. The van der Waals surface area contributed by atoms with Gasteiger partial charge in [-0.25, -0.2) is 4.79 Å². The zero-order valence-electron chi connectivity index (χ0n) is 9.69. The van der Waals surface area contributed by atoms with Crippen molar-refractivity contribution in [1.82, 2.24) is 0 Å². The molecule has 0 radical (unpaired) electrons. The summed E-state index contributed by atoms with van der Waals surface area (Å²) >= 11 is 0. The zero-order valence-corrected chi connectivity index (χ0v) is 9.69. The van der Waals surface area contributed by atoms with Crippen molar-refractivity contribution in [2.24, 2.45) is 0 Å². The van der Waals surface area contributed by atoms with Gasteiger partial charge in [-0.2, -0.15) is 0 Å². The maximum Gasteiger partial charge on any atom is 0.411 e. The van der Waals surface area contributed by atoms with Crippen LogP contribution in [0, 0.1) is 0 Å². The van der Waals surface area contributed by atoms with Crippen molar-refractivity contribution in [1.29, 1.82) is 0 Å². The van der Waals surface area contributed by atoms with Crippen molar-refractivity contribution in [2.75, 3.05) is 5.32 Å². The van der Waals surface area contributed by atoms with E-state index in [0.29, 0.717) is 0 Å². The topological polar surface area (TPSA) is 38.3 Å². The van der Waals surface area contributed by atoms with Crippen LogP contribution in [0.4, 0.5) is 10.5 Å². The largest absolute Gasteiger partial charge is 0.446 e. The van der Waals surface area contributed by atoms with E-state index in [2.05, 4.69) is 11.9 Å². The van der Waals surface area contributed by atoms with Crippen LogP contribution in [-0.2, 0) is 4.74 Å². The minimum absolute atomic E-state index is 0.0625. The first kappa shape index (κ1) is 12.3. The molecule has 86 valence electrons. The van der Waals surface area contributed by atoms with Crippen LogP contribution in [0.1, 0.15) is 25.8 Å². The molecule has 0 saturated heterocycles. The average molecular weight is 219 g/mol. The summed E-state index contributed by atoms with van der Waals surface area (Å²) in [5, 5.41) is 2.66. The number of hydrogen-bond donors (Lipinski definition) is 1. The van der Waals surface area contributed by atoms with Gasteiger partial charge >= 0.3 is 6.09 Å². The van der Waals surface area contributed by atoms with E-state index in [-0.39, 0.29) is 6.10 Å². The number of nitrogens with one attached hydrogen (secondary N) is 1. The molecule has 3 nitrogen and oxygen atoms in total. The van der Waals surface area contributed by atoms with Gasteiger partial charge in [-0.3, -0.25) is 5.32 Å². The molecule has 0 bridgehead atoms. The van der Waals surface area contributed by atoms with E-state index in [1.54, 1.807) is 6.08 Å². The molecule has 0 fully saturated rings. The first-order valence-electron chi connectivity index (χ1n) is 5.35. The first-order valence-corrected chi connectivity index (χ1v) is 5.35. The highest BCUT2D eigenvalue weighted by Gasteiger charge is 2.06. The first-order chi connectivity index (χ1) is 7.65. The summed E-state index contributed by atoms with van der Waals surface area (Å²) in [4.78, 5) is 11.4. The van der Waals surface area contributed by atoms with Crippen LogP contribution in [0.3, 0.4) is 0 Å². The summed E-state index contributed by atoms with van der Waals surface area (Å²) in [5.41, 5.74) is 1.74. The number of carbonyl (C=O) groups excluding carboxylic acids is 1. The number of rotatable bonds is 4. The molecule has 1 unspecified atom stereocenters. The Morgan fingerprint density at radius 3 is 2.62 bits per heavy atom. The third kappa shape index (κ3) is 3.77. The molecule has 0 heterocycles. The summed E-state index contributed by atoms with van der Waals surface area (Å²) in [5.74, 6) is 0. The fourth-order valence-corrected chi connectivity index (χ4v) is 1.12. The van der Waals surface area contributed by atoms with Crippen molar-refractivity contribution < 1.29 is 9.53 Å². The van der Waals surface area contributed by atoms with Gasteiger partial charge in [0.25, 0.3) is 0 Å². The van der Waals surface area contributed by atoms with Gasteiger partial charge in [-0.15, -0.1) is 0 Å². The maximum absolute atomic E-state index is 11.4. The number of benzene rings is 1. The van der Waals surface area contributed by atoms with Gasteiger partial charge in [0.2, 0.25) is 0 Å². The average Bonchev–Trinajstić information content (AvgIpc) is 2.29. The molecule has 0 aliphatic heterocycles. The Morgan fingerprint density at radius 1 is 1.50 bits per heavy atom. The highest BCUT2D eigenvalue weighted by atomic mass is 16.6. The molecule has 1 N–H and O–H groups in total. The van der Waals surface area contributed by atoms with Crippen LogP contribution < -0.4 is 5.32 Å². The second kappa shape index (κ2) is 5.95. The molecule has 0 aromatic heterocycles. The fourth-order valence-electron chi connectivity index (χ4n) is 1.12. The minimum atomic E-state index is -0.416.